The molecule has 20 heavy (non-hydrogen) atoms. The maximum Gasteiger partial charge on any atom is 0.239 e. The van der Waals surface area contributed by atoms with Crippen LogP contribution in [0.2, 0.25) is 5.02 Å². The fourth-order valence-electron chi connectivity index (χ4n) is 2.14. The Labute approximate surface area is 129 Å². The third-order valence-corrected chi connectivity index (χ3v) is 5.01. The smallest absolute Gasteiger partial charge is 0.239 e. The van der Waals surface area contributed by atoms with E-state index in [0.29, 0.717) is 10.2 Å². The highest BCUT2D eigenvalue weighted by molar-refractivity contribution is 8.15. The summed E-state index contributed by atoms with van der Waals surface area (Å²) in [5.74, 6) is 0.329. The highest BCUT2D eigenvalue weighted by Crippen LogP contribution is 2.34. The van der Waals surface area contributed by atoms with Gasteiger partial charge in [-0.15, -0.1) is 0 Å². The van der Waals surface area contributed by atoms with Gasteiger partial charge >= 0.3 is 0 Å². The number of hydrogen-bond acceptors (Lipinski definition) is 3. The fourth-order valence-corrected chi connectivity index (χ4v) is 3.63. The van der Waals surface area contributed by atoms with E-state index >= 15 is 0 Å². The number of halogens is 1. The molecule has 5 heteroatoms. The summed E-state index contributed by atoms with van der Waals surface area (Å²) < 4.78 is 0. The van der Waals surface area contributed by atoms with E-state index in [4.69, 9.17) is 11.6 Å². The lowest BCUT2D eigenvalue weighted by molar-refractivity contribution is -0.119. The monoisotopic (exact) mass is 310 g/mol. The molecule has 1 amide bonds. The number of hydrogen-bond donors (Lipinski definition) is 1. The average molecular weight is 311 g/mol. The van der Waals surface area contributed by atoms with E-state index in [1.807, 2.05) is 52.0 Å². The molecular formula is C15H19ClN2OS. The van der Waals surface area contributed by atoms with Crippen molar-refractivity contribution in [1.82, 2.24) is 5.32 Å². The van der Waals surface area contributed by atoms with Gasteiger partial charge in [-0.3, -0.25) is 9.79 Å². The first-order chi connectivity index (χ1) is 9.31. The van der Waals surface area contributed by atoms with Crippen LogP contribution in [-0.4, -0.2) is 16.3 Å². The van der Waals surface area contributed by atoms with Crippen molar-refractivity contribution in [1.29, 1.82) is 0 Å². The molecule has 1 atom stereocenters. The summed E-state index contributed by atoms with van der Waals surface area (Å²) in [4.78, 5) is 16.6. The van der Waals surface area contributed by atoms with Crippen LogP contribution in [0.3, 0.4) is 0 Å². The van der Waals surface area contributed by atoms with Crippen molar-refractivity contribution < 1.29 is 4.79 Å². The number of amides is 1. The summed E-state index contributed by atoms with van der Waals surface area (Å²) >= 11 is 7.74. The molecule has 1 aromatic rings. The molecule has 1 aromatic carbocycles. The quantitative estimate of drug-likeness (QED) is 0.922. The van der Waals surface area contributed by atoms with E-state index < -0.39 is 5.54 Å². The van der Waals surface area contributed by atoms with Crippen molar-refractivity contribution in [3.63, 3.8) is 0 Å². The fraction of sp³-hybridized carbons (Fsp3) is 0.467. The van der Waals surface area contributed by atoms with Crippen molar-refractivity contribution in [3.05, 3.63) is 34.9 Å². The molecule has 1 aliphatic heterocycles. The molecule has 1 heterocycles. The summed E-state index contributed by atoms with van der Waals surface area (Å²) in [5, 5.41) is 4.17. The molecule has 108 valence electrons. The van der Waals surface area contributed by atoms with Crippen molar-refractivity contribution in [2.24, 2.45) is 10.9 Å². The van der Waals surface area contributed by atoms with Crippen LogP contribution in [-0.2, 0) is 10.3 Å². The zero-order valence-electron chi connectivity index (χ0n) is 12.1. The molecule has 0 aliphatic carbocycles. The average Bonchev–Trinajstić information content (AvgIpc) is 2.69. The Kier molecular flexibility index (Phi) is 4.45. The molecule has 1 saturated heterocycles. The largest absolute Gasteiger partial charge is 0.304 e. The molecule has 1 N–H and O–H groups in total. The number of thioether (sulfide) groups is 1. The van der Waals surface area contributed by atoms with Crippen molar-refractivity contribution >= 4 is 34.4 Å². The Morgan fingerprint density at radius 1 is 1.35 bits per heavy atom. The second-order valence-electron chi connectivity index (χ2n) is 5.73. The van der Waals surface area contributed by atoms with Gasteiger partial charge in [0.2, 0.25) is 5.91 Å². The van der Waals surface area contributed by atoms with Crippen LogP contribution in [0.25, 0.3) is 0 Å². The van der Waals surface area contributed by atoms with Crippen LogP contribution in [0.1, 0.15) is 33.3 Å². The number of nitrogens with zero attached hydrogens (tertiary/aromatic N) is 1. The Balaban J connectivity index is 2.27. The lowest BCUT2D eigenvalue weighted by atomic mass is 9.95. The van der Waals surface area contributed by atoms with E-state index in [9.17, 15) is 4.79 Å². The Hall–Kier alpha value is -1.00. The van der Waals surface area contributed by atoms with Crippen LogP contribution in [0.5, 0.6) is 0 Å². The first-order valence-corrected chi connectivity index (χ1v) is 7.89. The Bertz CT molecular complexity index is 555. The minimum Gasteiger partial charge on any atom is -0.304 e. The number of carbonyl (C=O) groups excluding carboxylic acids is 1. The maximum atomic E-state index is 11.9. The predicted octanol–water partition coefficient (Wildman–Crippen LogP) is 3.82. The third-order valence-electron chi connectivity index (χ3n) is 3.25. The molecule has 1 aliphatic rings. The van der Waals surface area contributed by atoms with Gasteiger partial charge in [0.05, 0.1) is 10.8 Å². The normalized spacial score (nSPS) is 21.6. The molecule has 0 aromatic heterocycles. The number of nitrogens with one attached hydrogen (secondary N) is 1. The van der Waals surface area contributed by atoms with E-state index in [1.165, 1.54) is 11.8 Å². The standard InChI is InChI=1S/C15H19ClN2OS/c1-9(2)12-13(19)17-14(20-12)18-15(3,4)10-7-5-6-8-11(10)16/h5-9,12H,1-4H3,(H,17,18,19). The van der Waals surface area contributed by atoms with E-state index in [-0.39, 0.29) is 17.1 Å². The van der Waals surface area contributed by atoms with Crippen molar-refractivity contribution in [3.8, 4) is 0 Å². The van der Waals surface area contributed by atoms with Crippen LogP contribution < -0.4 is 5.32 Å². The van der Waals surface area contributed by atoms with Crippen molar-refractivity contribution in [2.75, 3.05) is 0 Å². The molecular weight excluding hydrogens is 292 g/mol. The Morgan fingerprint density at radius 3 is 2.55 bits per heavy atom. The first kappa shape index (κ1) is 15.4. The third kappa shape index (κ3) is 3.18. The van der Waals surface area contributed by atoms with Crippen LogP contribution in [0.15, 0.2) is 29.3 Å². The number of benzene rings is 1. The molecule has 0 bridgehead atoms. The van der Waals surface area contributed by atoms with Gasteiger partial charge in [-0.05, 0) is 31.4 Å². The Morgan fingerprint density at radius 2 is 2.00 bits per heavy atom. The summed E-state index contributed by atoms with van der Waals surface area (Å²) in [5.41, 5.74) is 0.483. The highest BCUT2D eigenvalue weighted by Gasteiger charge is 2.34. The first-order valence-electron chi connectivity index (χ1n) is 6.63. The molecule has 0 saturated carbocycles. The summed E-state index contributed by atoms with van der Waals surface area (Å²) in [6.07, 6.45) is 0. The molecule has 1 unspecified atom stereocenters. The number of carbonyl (C=O) groups is 1. The summed E-state index contributed by atoms with van der Waals surface area (Å²) in [6, 6.07) is 7.67. The lowest BCUT2D eigenvalue weighted by Crippen LogP contribution is -2.28. The molecule has 3 nitrogen and oxygen atoms in total. The van der Waals surface area contributed by atoms with Crippen LogP contribution >= 0.6 is 23.4 Å². The number of amidine groups is 1. The van der Waals surface area contributed by atoms with E-state index in [2.05, 4.69) is 10.3 Å². The van der Waals surface area contributed by atoms with E-state index in [1.54, 1.807) is 0 Å². The molecule has 2 rings (SSSR count). The van der Waals surface area contributed by atoms with Crippen LogP contribution in [0.4, 0.5) is 0 Å². The molecule has 0 spiro atoms. The highest BCUT2D eigenvalue weighted by atomic mass is 35.5. The topological polar surface area (TPSA) is 41.5 Å². The number of aliphatic imine (C=N–C) groups is 1. The van der Waals surface area contributed by atoms with Gasteiger partial charge < -0.3 is 5.32 Å². The van der Waals surface area contributed by atoms with Crippen molar-refractivity contribution in [2.45, 2.75) is 38.5 Å². The van der Waals surface area contributed by atoms with Gasteiger partial charge in [0, 0.05) is 5.02 Å². The number of rotatable bonds is 3. The van der Waals surface area contributed by atoms with Crippen LogP contribution in [0, 0.1) is 5.92 Å². The second-order valence-corrected chi connectivity index (χ2v) is 7.27. The minimum atomic E-state index is -0.472. The maximum absolute atomic E-state index is 11.9. The SMILES string of the molecule is CC(C)C1SC(=NC(C)(C)c2ccccc2Cl)NC1=O. The second kappa shape index (κ2) is 5.78. The zero-order valence-corrected chi connectivity index (χ0v) is 13.7. The van der Waals surface area contributed by atoms with Gasteiger partial charge in [0.15, 0.2) is 5.17 Å². The van der Waals surface area contributed by atoms with E-state index in [0.717, 1.165) is 5.56 Å². The molecule has 1 fully saturated rings. The van der Waals surface area contributed by atoms with Gasteiger partial charge in [-0.2, -0.15) is 0 Å². The summed E-state index contributed by atoms with van der Waals surface area (Å²) in [7, 11) is 0. The molecule has 0 radical (unpaired) electrons. The van der Waals surface area contributed by atoms with Gasteiger partial charge in [-0.25, -0.2) is 0 Å². The van der Waals surface area contributed by atoms with Gasteiger partial charge in [0.1, 0.15) is 0 Å². The van der Waals surface area contributed by atoms with Gasteiger partial charge in [0.25, 0.3) is 0 Å². The predicted molar refractivity (Wildman–Crippen MR) is 86.3 cm³/mol. The van der Waals surface area contributed by atoms with Gasteiger partial charge in [-0.1, -0.05) is 55.4 Å². The zero-order chi connectivity index (χ0) is 14.9. The minimum absolute atomic E-state index is 0.0405. The summed E-state index contributed by atoms with van der Waals surface area (Å²) in [6.45, 7) is 8.08. The lowest BCUT2D eigenvalue weighted by Gasteiger charge is -2.22.